The van der Waals surface area contributed by atoms with E-state index in [0.29, 0.717) is 15.8 Å². The van der Waals surface area contributed by atoms with Gasteiger partial charge in [0.05, 0.1) is 17.7 Å². The molecule has 7 heteroatoms. The highest BCUT2D eigenvalue weighted by molar-refractivity contribution is 6.05. The summed E-state index contributed by atoms with van der Waals surface area (Å²) in [4.78, 5) is 16.9. The molecule has 1 heterocycles. The van der Waals surface area contributed by atoms with Crippen molar-refractivity contribution in [2.45, 2.75) is 6.18 Å². The largest absolute Gasteiger partial charge is 0.406 e. The van der Waals surface area contributed by atoms with Crippen molar-refractivity contribution in [3.8, 4) is 0 Å². The lowest BCUT2D eigenvalue weighted by Gasteiger charge is -2.23. The van der Waals surface area contributed by atoms with Crippen molar-refractivity contribution >= 4 is 16.8 Å². The number of amides is 1. The number of aromatic nitrogens is 1. The number of fused-ring (bicyclic) bond motifs is 1. The van der Waals surface area contributed by atoms with E-state index in [-0.39, 0.29) is 12.1 Å². The number of pyridine rings is 1. The fraction of sp³-hybridized carbons (Fsp3) is 0.286. The smallest absolute Gasteiger partial charge is 0.395 e. The van der Waals surface area contributed by atoms with E-state index >= 15 is 0 Å². The van der Waals surface area contributed by atoms with Crippen molar-refractivity contribution in [2.24, 2.45) is 0 Å². The third-order valence-electron chi connectivity index (χ3n) is 2.89. The number of halogens is 3. The van der Waals surface area contributed by atoms with E-state index in [2.05, 4.69) is 4.98 Å². The SMILES string of the molecule is O=C(c1cccc2cccnc12)N(CCO)CC(F)(F)F. The van der Waals surface area contributed by atoms with Crippen LogP contribution in [-0.2, 0) is 0 Å². The fourth-order valence-electron chi connectivity index (χ4n) is 2.04. The molecule has 0 fully saturated rings. The second-order valence-electron chi connectivity index (χ2n) is 4.45. The summed E-state index contributed by atoms with van der Waals surface area (Å²) in [6.07, 6.45) is -3.05. The van der Waals surface area contributed by atoms with Crippen LogP contribution in [0.5, 0.6) is 0 Å². The Bertz CT molecular complexity index is 638. The molecule has 0 unspecified atom stereocenters. The van der Waals surface area contributed by atoms with Gasteiger partial charge in [0.1, 0.15) is 6.54 Å². The summed E-state index contributed by atoms with van der Waals surface area (Å²) in [6, 6.07) is 8.14. The lowest BCUT2D eigenvalue weighted by atomic mass is 10.1. The Labute approximate surface area is 118 Å². The normalized spacial score (nSPS) is 11.6. The van der Waals surface area contributed by atoms with Crippen LogP contribution in [0.2, 0.25) is 0 Å². The molecule has 1 N–H and O–H groups in total. The van der Waals surface area contributed by atoms with Gasteiger partial charge in [0.2, 0.25) is 0 Å². The van der Waals surface area contributed by atoms with Gasteiger partial charge < -0.3 is 10.0 Å². The Balaban J connectivity index is 2.39. The first-order valence-corrected chi connectivity index (χ1v) is 6.23. The summed E-state index contributed by atoms with van der Waals surface area (Å²) in [5, 5.41) is 9.53. The maximum Gasteiger partial charge on any atom is 0.406 e. The molecular weight excluding hydrogens is 285 g/mol. The van der Waals surface area contributed by atoms with Gasteiger partial charge >= 0.3 is 6.18 Å². The van der Waals surface area contributed by atoms with Crippen LogP contribution >= 0.6 is 0 Å². The fourth-order valence-corrected chi connectivity index (χ4v) is 2.04. The molecule has 0 atom stereocenters. The van der Waals surface area contributed by atoms with Crippen molar-refractivity contribution in [1.29, 1.82) is 0 Å². The number of aliphatic hydroxyl groups is 1. The molecule has 0 bridgehead atoms. The van der Waals surface area contributed by atoms with E-state index in [1.807, 2.05) is 0 Å². The second kappa shape index (κ2) is 6.09. The first-order chi connectivity index (χ1) is 9.92. The summed E-state index contributed by atoms with van der Waals surface area (Å²) in [6.45, 7) is -2.34. The Kier molecular flexibility index (Phi) is 4.42. The zero-order valence-electron chi connectivity index (χ0n) is 11.0. The van der Waals surface area contributed by atoms with Gasteiger partial charge in [-0.05, 0) is 12.1 Å². The highest BCUT2D eigenvalue weighted by Gasteiger charge is 2.33. The summed E-state index contributed by atoms with van der Waals surface area (Å²) in [5.74, 6) is -0.800. The van der Waals surface area contributed by atoms with E-state index in [4.69, 9.17) is 5.11 Å². The quantitative estimate of drug-likeness (QED) is 0.941. The average Bonchev–Trinajstić information content (AvgIpc) is 2.44. The van der Waals surface area contributed by atoms with E-state index in [1.54, 1.807) is 24.3 Å². The van der Waals surface area contributed by atoms with Crippen molar-refractivity contribution in [3.63, 3.8) is 0 Å². The molecule has 1 amide bonds. The van der Waals surface area contributed by atoms with Crippen molar-refractivity contribution in [3.05, 3.63) is 42.1 Å². The number of rotatable bonds is 4. The lowest BCUT2D eigenvalue weighted by molar-refractivity contribution is -0.141. The average molecular weight is 298 g/mol. The molecule has 1 aromatic heterocycles. The molecule has 2 rings (SSSR count). The van der Waals surface area contributed by atoms with Crippen LogP contribution in [0.15, 0.2) is 36.5 Å². The number of alkyl halides is 3. The molecule has 0 saturated heterocycles. The van der Waals surface area contributed by atoms with Crippen LogP contribution in [0.3, 0.4) is 0 Å². The zero-order valence-corrected chi connectivity index (χ0v) is 11.0. The van der Waals surface area contributed by atoms with Crippen LogP contribution < -0.4 is 0 Å². The Morgan fingerprint density at radius 3 is 2.62 bits per heavy atom. The lowest BCUT2D eigenvalue weighted by Crippen LogP contribution is -2.40. The van der Waals surface area contributed by atoms with Gasteiger partial charge in [-0.2, -0.15) is 13.2 Å². The molecular formula is C14H13F3N2O2. The molecule has 0 aliphatic carbocycles. The second-order valence-corrected chi connectivity index (χ2v) is 4.45. The van der Waals surface area contributed by atoms with Crippen LogP contribution in [0.4, 0.5) is 13.2 Å². The number of benzene rings is 1. The number of aliphatic hydroxyl groups excluding tert-OH is 1. The van der Waals surface area contributed by atoms with Gasteiger partial charge in [-0.1, -0.05) is 18.2 Å². The van der Waals surface area contributed by atoms with Gasteiger partial charge in [-0.15, -0.1) is 0 Å². The monoisotopic (exact) mass is 298 g/mol. The molecule has 21 heavy (non-hydrogen) atoms. The Morgan fingerprint density at radius 1 is 1.24 bits per heavy atom. The predicted octanol–water partition coefficient (Wildman–Crippen LogP) is 2.23. The van der Waals surface area contributed by atoms with Crippen LogP contribution in [-0.4, -0.2) is 46.8 Å². The minimum absolute atomic E-state index is 0.0887. The summed E-state index contributed by atoms with van der Waals surface area (Å²) >= 11 is 0. The minimum Gasteiger partial charge on any atom is -0.395 e. The summed E-state index contributed by atoms with van der Waals surface area (Å²) in [7, 11) is 0. The number of hydrogen-bond acceptors (Lipinski definition) is 3. The highest BCUT2D eigenvalue weighted by Crippen LogP contribution is 2.21. The number of hydrogen-bond donors (Lipinski definition) is 1. The van der Waals surface area contributed by atoms with Crippen molar-refractivity contribution < 1.29 is 23.1 Å². The molecule has 112 valence electrons. The number of carbonyl (C=O) groups excluding carboxylic acids is 1. The standard InChI is InChI=1S/C14H13F3N2O2/c15-14(16,17)9-19(7-8-20)13(21)11-5-1-3-10-4-2-6-18-12(10)11/h1-6,20H,7-9H2. The van der Waals surface area contributed by atoms with E-state index < -0.39 is 25.2 Å². The van der Waals surface area contributed by atoms with Gasteiger partial charge in [0.25, 0.3) is 5.91 Å². The molecule has 4 nitrogen and oxygen atoms in total. The topological polar surface area (TPSA) is 53.4 Å². The van der Waals surface area contributed by atoms with Crippen molar-refractivity contribution in [2.75, 3.05) is 19.7 Å². The van der Waals surface area contributed by atoms with Gasteiger partial charge in [0.15, 0.2) is 0 Å². The third kappa shape index (κ3) is 3.69. The molecule has 0 aliphatic heterocycles. The van der Waals surface area contributed by atoms with E-state index in [0.717, 1.165) is 0 Å². The minimum atomic E-state index is -4.52. The third-order valence-corrected chi connectivity index (χ3v) is 2.89. The molecule has 0 aliphatic rings. The molecule has 0 radical (unpaired) electrons. The van der Waals surface area contributed by atoms with Crippen LogP contribution in [0, 0.1) is 0 Å². The van der Waals surface area contributed by atoms with Gasteiger partial charge in [-0.25, -0.2) is 0 Å². The first-order valence-electron chi connectivity index (χ1n) is 6.23. The van der Waals surface area contributed by atoms with E-state index in [9.17, 15) is 18.0 Å². The summed E-state index contributed by atoms with van der Waals surface area (Å²) in [5.41, 5.74) is 0.431. The first kappa shape index (κ1) is 15.2. The van der Waals surface area contributed by atoms with Gasteiger partial charge in [0, 0.05) is 18.1 Å². The maximum atomic E-state index is 12.5. The van der Waals surface area contributed by atoms with Gasteiger partial charge in [-0.3, -0.25) is 9.78 Å². The molecule has 0 saturated carbocycles. The Hall–Kier alpha value is -2.15. The van der Waals surface area contributed by atoms with Crippen LogP contribution in [0.1, 0.15) is 10.4 Å². The predicted molar refractivity (Wildman–Crippen MR) is 70.8 cm³/mol. The summed E-state index contributed by atoms with van der Waals surface area (Å²) < 4.78 is 37.6. The zero-order chi connectivity index (χ0) is 15.5. The van der Waals surface area contributed by atoms with Crippen molar-refractivity contribution in [1.82, 2.24) is 9.88 Å². The molecule has 1 aromatic carbocycles. The number of nitrogens with zero attached hydrogens (tertiary/aromatic N) is 2. The molecule has 0 spiro atoms. The maximum absolute atomic E-state index is 12.5. The van der Waals surface area contributed by atoms with Crippen LogP contribution in [0.25, 0.3) is 10.9 Å². The van der Waals surface area contributed by atoms with E-state index in [1.165, 1.54) is 12.3 Å². The molecule has 2 aromatic rings. The number of carbonyl (C=O) groups is 1. The highest BCUT2D eigenvalue weighted by atomic mass is 19.4. The Morgan fingerprint density at radius 2 is 1.95 bits per heavy atom. The number of para-hydroxylation sites is 1.